The van der Waals surface area contributed by atoms with Gasteiger partial charge in [0.1, 0.15) is 0 Å². The van der Waals surface area contributed by atoms with Gasteiger partial charge in [-0.3, -0.25) is 9.59 Å². The Balaban J connectivity index is 2.24. The second-order valence-electron chi connectivity index (χ2n) is 3.52. The molecule has 0 amide bonds. The standard InChI is InChI=1S/C8H10O5/c9-7(10)5-3-1-2-4(13-3)6(5)8(11)12/h3-6H,1-2H2,(H,9,10)(H,11,12)/t3-,4-,5-,6+/m1/s1. The Morgan fingerprint density at radius 2 is 1.38 bits per heavy atom. The van der Waals surface area contributed by atoms with Crippen molar-refractivity contribution in [3.05, 3.63) is 0 Å². The average Bonchev–Trinajstić information content (AvgIpc) is 2.60. The quantitative estimate of drug-likeness (QED) is 0.631. The molecule has 0 aromatic heterocycles. The van der Waals surface area contributed by atoms with Gasteiger partial charge in [-0.15, -0.1) is 0 Å². The largest absolute Gasteiger partial charge is 0.481 e. The molecule has 0 saturated carbocycles. The van der Waals surface area contributed by atoms with Crippen LogP contribution in [-0.2, 0) is 14.3 Å². The van der Waals surface area contributed by atoms with Gasteiger partial charge >= 0.3 is 11.9 Å². The van der Waals surface area contributed by atoms with Crippen molar-refractivity contribution in [1.82, 2.24) is 0 Å². The second-order valence-corrected chi connectivity index (χ2v) is 3.52. The summed E-state index contributed by atoms with van der Waals surface area (Å²) in [5.41, 5.74) is 0. The van der Waals surface area contributed by atoms with Gasteiger partial charge in [-0.25, -0.2) is 0 Å². The van der Waals surface area contributed by atoms with Crippen molar-refractivity contribution in [2.45, 2.75) is 25.0 Å². The zero-order valence-corrected chi connectivity index (χ0v) is 6.84. The summed E-state index contributed by atoms with van der Waals surface area (Å²) < 4.78 is 5.26. The van der Waals surface area contributed by atoms with Gasteiger partial charge in [0.2, 0.25) is 0 Å². The van der Waals surface area contributed by atoms with E-state index in [9.17, 15) is 9.59 Å². The van der Waals surface area contributed by atoms with Gasteiger partial charge in [0.15, 0.2) is 0 Å². The van der Waals surface area contributed by atoms with Crippen LogP contribution in [0.2, 0.25) is 0 Å². The number of fused-ring (bicyclic) bond motifs is 2. The maximum Gasteiger partial charge on any atom is 0.310 e. The molecular formula is C8H10O5. The highest BCUT2D eigenvalue weighted by Crippen LogP contribution is 2.43. The third-order valence-electron chi connectivity index (χ3n) is 2.84. The van der Waals surface area contributed by atoms with E-state index >= 15 is 0 Å². The number of carbonyl (C=O) groups is 2. The number of carboxylic acids is 2. The molecule has 2 fully saturated rings. The molecule has 2 bridgehead atoms. The van der Waals surface area contributed by atoms with Gasteiger partial charge in [0.05, 0.1) is 24.0 Å². The first kappa shape index (κ1) is 8.50. The lowest BCUT2D eigenvalue weighted by molar-refractivity contribution is -0.154. The highest BCUT2D eigenvalue weighted by atomic mass is 16.5. The Morgan fingerprint density at radius 3 is 1.69 bits per heavy atom. The summed E-state index contributed by atoms with van der Waals surface area (Å²) >= 11 is 0. The van der Waals surface area contributed by atoms with Crippen LogP contribution >= 0.6 is 0 Å². The minimum absolute atomic E-state index is 0.386. The lowest BCUT2D eigenvalue weighted by Crippen LogP contribution is -2.38. The Kier molecular flexibility index (Phi) is 1.76. The fourth-order valence-electron chi connectivity index (χ4n) is 2.31. The summed E-state index contributed by atoms with van der Waals surface area (Å²) in [6.07, 6.45) is 0.573. The molecular weight excluding hydrogens is 176 g/mol. The predicted molar refractivity (Wildman–Crippen MR) is 40.1 cm³/mol. The molecule has 4 atom stereocenters. The number of hydrogen-bond donors (Lipinski definition) is 2. The molecule has 0 aliphatic carbocycles. The van der Waals surface area contributed by atoms with E-state index in [4.69, 9.17) is 14.9 Å². The maximum atomic E-state index is 10.8. The van der Waals surface area contributed by atoms with Crippen LogP contribution in [0.5, 0.6) is 0 Å². The molecule has 2 saturated heterocycles. The second kappa shape index (κ2) is 2.70. The lowest BCUT2D eigenvalue weighted by atomic mass is 9.79. The fraction of sp³-hybridized carbons (Fsp3) is 0.750. The average molecular weight is 186 g/mol. The van der Waals surface area contributed by atoms with Crippen molar-refractivity contribution < 1.29 is 24.5 Å². The first-order valence-corrected chi connectivity index (χ1v) is 4.22. The molecule has 0 unspecified atom stereocenters. The number of aliphatic carboxylic acids is 2. The molecule has 2 heterocycles. The molecule has 5 heteroatoms. The molecule has 5 nitrogen and oxygen atoms in total. The van der Waals surface area contributed by atoms with Crippen LogP contribution in [0.4, 0.5) is 0 Å². The van der Waals surface area contributed by atoms with Crippen molar-refractivity contribution in [3.63, 3.8) is 0 Å². The van der Waals surface area contributed by atoms with E-state index in [1.54, 1.807) is 0 Å². The van der Waals surface area contributed by atoms with Crippen molar-refractivity contribution in [3.8, 4) is 0 Å². The highest BCUT2D eigenvalue weighted by molar-refractivity contribution is 5.82. The van der Waals surface area contributed by atoms with Crippen molar-refractivity contribution >= 4 is 11.9 Å². The molecule has 2 N–H and O–H groups in total. The van der Waals surface area contributed by atoms with E-state index < -0.39 is 23.8 Å². The molecule has 2 aliphatic rings. The number of ether oxygens (including phenoxy) is 1. The summed E-state index contributed by atoms with van der Waals surface area (Å²) in [7, 11) is 0. The molecule has 13 heavy (non-hydrogen) atoms. The minimum atomic E-state index is -1.06. The molecule has 2 aliphatic heterocycles. The van der Waals surface area contributed by atoms with Crippen LogP contribution < -0.4 is 0 Å². The van der Waals surface area contributed by atoms with E-state index in [1.807, 2.05) is 0 Å². The van der Waals surface area contributed by atoms with E-state index in [-0.39, 0.29) is 12.2 Å². The fourth-order valence-corrected chi connectivity index (χ4v) is 2.31. The van der Waals surface area contributed by atoms with Crippen molar-refractivity contribution in [1.29, 1.82) is 0 Å². The summed E-state index contributed by atoms with van der Waals surface area (Å²) in [4.78, 5) is 21.5. The maximum absolute atomic E-state index is 10.8. The normalized spacial score (nSPS) is 42.2. The lowest BCUT2D eigenvalue weighted by Gasteiger charge is -2.20. The molecule has 0 radical (unpaired) electrons. The van der Waals surface area contributed by atoms with Crippen LogP contribution in [-0.4, -0.2) is 34.4 Å². The first-order chi connectivity index (χ1) is 6.11. The Labute approximate surface area is 74.3 Å². The van der Waals surface area contributed by atoms with Gasteiger partial charge in [-0.1, -0.05) is 0 Å². The Hall–Kier alpha value is -1.10. The number of carboxylic acid groups (broad SMARTS) is 2. The monoisotopic (exact) mass is 186 g/mol. The SMILES string of the molecule is O=C(O)[C@@H]1[C@H](C(=O)O)[C@H]2CC[C@H]1O2. The van der Waals surface area contributed by atoms with Gasteiger partial charge < -0.3 is 14.9 Å². The zero-order valence-electron chi connectivity index (χ0n) is 6.84. The van der Waals surface area contributed by atoms with Gasteiger partial charge in [-0.2, -0.15) is 0 Å². The summed E-state index contributed by atoms with van der Waals surface area (Å²) in [5.74, 6) is -3.81. The third-order valence-corrected chi connectivity index (χ3v) is 2.84. The third kappa shape index (κ3) is 1.11. The Morgan fingerprint density at radius 1 is 1.00 bits per heavy atom. The van der Waals surface area contributed by atoms with Crippen LogP contribution in [0.1, 0.15) is 12.8 Å². The summed E-state index contributed by atoms with van der Waals surface area (Å²) in [5, 5.41) is 17.6. The predicted octanol–water partition coefficient (Wildman–Crippen LogP) is -0.0508. The first-order valence-electron chi connectivity index (χ1n) is 4.22. The van der Waals surface area contributed by atoms with E-state index in [0.717, 1.165) is 0 Å². The minimum Gasteiger partial charge on any atom is -0.481 e. The molecule has 72 valence electrons. The van der Waals surface area contributed by atoms with E-state index in [0.29, 0.717) is 12.8 Å². The van der Waals surface area contributed by atoms with Gasteiger partial charge in [0.25, 0.3) is 0 Å². The van der Waals surface area contributed by atoms with Crippen molar-refractivity contribution in [2.75, 3.05) is 0 Å². The highest BCUT2D eigenvalue weighted by Gasteiger charge is 2.55. The number of rotatable bonds is 2. The summed E-state index contributed by atoms with van der Waals surface area (Å²) in [6, 6.07) is 0. The van der Waals surface area contributed by atoms with Crippen LogP contribution in [0.25, 0.3) is 0 Å². The van der Waals surface area contributed by atoms with E-state index in [2.05, 4.69) is 0 Å². The van der Waals surface area contributed by atoms with Crippen LogP contribution in [0.15, 0.2) is 0 Å². The molecule has 0 spiro atoms. The topological polar surface area (TPSA) is 83.8 Å². The van der Waals surface area contributed by atoms with Crippen LogP contribution in [0.3, 0.4) is 0 Å². The zero-order chi connectivity index (χ0) is 9.59. The number of hydrogen-bond acceptors (Lipinski definition) is 3. The molecule has 0 aromatic carbocycles. The van der Waals surface area contributed by atoms with Crippen molar-refractivity contribution in [2.24, 2.45) is 11.8 Å². The van der Waals surface area contributed by atoms with Gasteiger partial charge in [-0.05, 0) is 12.8 Å². The smallest absolute Gasteiger partial charge is 0.310 e. The Bertz CT molecular complexity index is 235. The van der Waals surface area contributed by atoms with E-state index in [1.165, 1.54) is 0 Å². The van der Waals surface area contributed by atoms with Crippen LogP contribution in [0, 0.1) is 11.8 Å². The van der Waals surface area contributed by atoms with Gasteiger partial charge in [0, 0.05) is 0 Å². The molecule has 2 rings (SSSR count). The molecule has 0 aromatic rings. The summed E-state index contributed by atoms with van der Waals surface area (Å²) in [6.45, 7) is 0.